The first-order valence-electron chi connectivity index (χ1n) is 6.55. The molecule has 0 saturated heterocycles. The lowest BCUT2D eigenvalue weighted by Crippen LogP contribution is -2.34. The Bertz CT molecular complexity index is 477. The topological polar surface area (TPSA) is 120 Å². The van der Waals surface area contributed by atoms with Gasteiger partial charge in [0.25, 0.3) is 5.69 Å². The normalized spacial score (nSPS) is 11.7. The van der Waals surface area contributed by atoms with Crippen molar-refractivity contribution in [1.29, 1.82) is 0 Å². The van der Waals surface area contributed by atoms with Crippen LogP contribution in [0.4, 0.5) is 11.4 Å². The van der Waals surface area contributed by atoms with Gasteiger partial charge in [0, 0.05) is 32.8 Å². The molecule has 0 spiro atoms. The van der Waals surface area contributed by atoms with E-state index in [0.717, 1.165) is 0 Å². The predicted molar refractivity (Wildman–Crippen MR) is 79.1 cm³/mol. The molecule has 116 valence electrons. The van der Waals surface area contributed by atoms with E-state index in [9.17, 15) is 14.9 Å². The number of benzene rings is 1. The lowest BCUT2D eigenvalue weighted by molar-refractivity contribution is -0.384. The highest BCUT2D eigenvalue weighted by Gasteiger charge is 2.12. The van der Waals surface area contributed by atoms with Crippen LogP contribution in [-0.4, -0.2) is 43.7 Å². The van der Waals surface area contributed by atoms with Crippen LogP contribution < -0.4 is 16.4 Å². The van der Waals surface area contributed by atoms with Crippen LogP contribution in [0.3, 0.4) is 0 Å². The number of para-hydroxylation sites is 2. The first kappa shape index (κ1) is 16.9. The zero-order valence-corrected chi connectivity index (χ0v) is 11.9. The summed E-state index contributed by atoms with van der Waals surface area (Å²) in [6, 6.07) is 6.35. The number of amides is 1. The number of hydrogen-bond acceptors (Lipinski definition) is 6. The summed E-state index contributed by atoms with van der Waals surface area (Å²) < 4.78 is 5.01. The van der Waals surface area contributed by atoms with Gasteiger partial charge in [-0.25, -0.2) is 0 Å². The molecule has 1 aromatic rings. The SMILES string of the molecule is COC(CN)CC(=O)NCCNc1ccccc1[N+](=O)[O-]. The van der Waals surface area contributed by atoms with Gasteiger partial charge in [0.1, 0.15) is 5.69 Å². The molecule has 0 aliphatic rings. The van der Waals surface area contributed by atoms with Gasteiger partial charge in [0.2, 0.25) is 5.91 Å². The molecule has 0 fully saturated rings. The van der Waals surface area contributed by atoms with Crippen LogP contribution >= 0.6 is 0 Å². The van der Waals surface area contributed by atoms with Crippen molar-refractivity contribution < 1.29 is 14.5 Å². The number of nitro benzene ring substituents is 1. The molecule has 0 bridgehead atoms. The fraction of sp³-hybridized carbons (Fsp3) is 0.462. The average molecular weight is 296 g/mol. The molecule has 1 atom stereocenters. The smallest absolute Gasteiger partial charge is 0.292 e. The number of nitrogens with two attached hydrogens (primary N) is 1. The molecule has 8 heteroatoms. The molecule has 1 amide bonds. The number of rotatable bonds is 9. The Balaban J connectivity index is 2.35. The second kappa shape index (κ2) is 8.88. The van der Waals surface area contributed by atoms with Crippen LogP contribution in [0.5, 0.6) is 0 Å². The van der Waals surface area contributed by atoms with Crippen molar-refractivity contribution in [2.75, 3.05) is 32.1 Å². The summed E-state index contributed by atoms with van der Waals surface area (Å²) in [5.74, 6) is -0.170. The second-order valence-electron chi connectivity index (χ2n) is 4.35. The highest BCUT2D eigenvalue weighted by molar-refractivity contribution is 5.76. The molecule has 0 radical (unpaired) electrons. The molecule has 8 nitrogen and oxygen atoms in total. The standard InChI is InChI=1S/C13H20N4O4/c1-21-10(9-14)8-13(18)16-7-6-15-11-4-2-3-5-12(11)17(19)20/h2-5,10,15H,6-9,14H2,1H3,(H,16,18). The number of methoxy groups -OCH3 is 1. The maximum absolute atomic E-state index is 11.6. The summed E-state index contributed by atoms with van der Waals surface area (Å²) in [6.07, 6.45) is -0.105. The molecular weight excluding hydrogens is 276 g/mol. The minimum atomic E-state index is -0.453. The summed E-state index contributed by atoms with van der Waals surface area (Å²) in [5.41, 5.74) is 5.86. The van der Waals surface area contributed by atoms with Crippen molar-refractivity contribution in [3.8, 4) is 0 Å². The molecule has 1 unspecified atom stereocenters. The largest absolute Gasteiger partial charge is 0.380 e. The van der Waals surface area contributed by atoms with Gasteiger partial charge in [-0.15, -0.1) is 0 Å². The van der Waals surface area contributed by atoms with Gasteiger partial charge in [-0.3, -0.25) is 14.9 Å². The molecular formula is C13H20N4O4. The van der Waals surface area contributed by atoms with Crippen LogP contribution in [0.25, 0.3) is 0 Å². The fourth-order valence-corrected chi connectivity index (χ4v) is 1.72. The maximum Gasteiger partial charge on any atom is 0.292 e. The van der Waals surface area contributed by atoms with Gasteiger partial charge < -0.3 is 21.1 Å². The van der Waals surface area contributed by atoms with E-state index in [1.54, 1.807) is 18.2 Å². The van der Waals surface area contributed by atoms with E-state index in [2.05, 4.69) is 10.6 Å². The molecule has 1 aromatic carbocycles. The third-order valence-corrected chi connectivity index (χ3v) is 2.87. The number of carbonyl (C=O) groups is 1. The summed E-state index contributed by atoms with van der Waals surface area (Å²) in [5, 5.41) is 16.4. The molecule has 0 heterocycles. The van der Waals surface area contributed by atoms with Crippen molar-refractivity contribution in [2.24, 2.45) is 5.73 Å². The first-order chi connectivity index (χ1) is 10.1. The van der Waals surface area contributed by atoms with Gasteiger partial charge in [0.15, 0.2) is 0 Å². The number of nitrogens with zero attached hydrogens (tertiary/aromatic N) is 1. The van der Waals surface area contributed by atoms with Crippen molar-refractivity contribution >= 4 is 17.3 Å². The lowest BCUT2D eigenvalue weighted by Gasteiger charge is -2.13. The van der Waals surface area contributed by atoms with Gasteiger partial charge in [-0.05, 0) is 6.07 Å². The maximum atomic E-state index is 11.6. The molecule has 0 saturated carbocycles. The lowest BCUT2D eigenvalue weighted by atomic mass is 10.2. The van der Waals surface area contributed by atoms with Gasteiger partial charge in [0.05, 0.1) is 17.4 Å². The first-order valence-corrected chi connectivity index (χ1v) is 6.55. The fourth-order valence-electron chi connectivity index (χ4n) is 1.72. The second-order valence-corrected chi connectivity index (χ2v) is 4.35. The van der Waals surface area contributed by atoms with Crippen LogP contribution in [0.1, 0.15) is 6.42 Å². The minimum Gasteiger partial charge on any atom is -0.380 e. The molecule has 0 aliphatic heterocycles. The number of anilines is 1. The minimum absolute atomic E-state index is 0.00593. The van der Waals surface area contributed by atoms with E-state index in [-0.39, 0.29) is 30.7 Å². The zero-order valence-electron chi connectivity index (χ0n) is 11.9. The highest BCUT2D eigenvalue weighted by atomic mass is 16.6. The average Bonchev–Trinajstić information content (AvgIpc) is 2.49. The third-order valence-electron chi connectivity index (χ3n) is 2.87. The van der Waals surface area contributed by atoms with Crippen molar-refractivity contribution in [2.45, 2.75) is 12.5 Å². The van der Waals surface area contributed by atoms with E-state index in [4.69, 9.17) is 10.5 Å². The van der Waals surface area contributed by atoms with E-state index in [1.165, 1.54) is 13.2 Å². The van der Waals surface area contributed by atoms with Crippen LogP contribution in [0.2, 0.25) is 0 Å². The summed E-state index contributed by atoms with van der Waals surface area (Å²) in [4.78, 5) is 21.9. The highest BCUT2D eigenvalue weighted by Crippen LogP contribution is 2.22. The van der Waals surface area contributed by atoms with Gasteiger partial charge in [-0.1, -0.05) is 12.1 Å². The van der Waals surface area contributed by atoms with Crippen LogP contribution in [0.15, 0.2) is 24.3 Å². The molecule has 21 heavy (non-hydrogen) atoms. The predicted octanol–water partition coefficient (Wildman–Crippen LogP) is 0.487. The van der Waals surface area contributed by atoms with E-state index in [0.29, 0.717) is 18.8 Å². The van der Waals surface area contributed by atoms with Gasteiger partial charge >= 0.3 is 0 Å². The van der Waals surface area contributed by atoms with E-state index >= 15 is 0 Å². The Morgan fingerprint density at radius 1 is 1.43 bits per heavy atom. The van der Waals surface area contributed by atoms with Crippen molar-refractivity contribution in [3.63, 3.8) is 0 Å². The van der Waals surface area contributed by atoms with Crippen LogP contribution in [-0.2, 0) is 9.53 Å². The summed E-state index contributed by atoms with van der Waals surface area (Å²) >= 11 is 0. The number of ether oxygens (including phenoxy) is 1. The quantitative estimate of drug-likeness (QED) is 0.346. The Labute approximate surface area is 122 Å². The molecule has 0 aliphatic carbocycles. The van der Waals surface area contributed by atoms with Crippen molar-refractivity contribution in [3.05, 3.63) is 34.4 Å². The van der Waals surface area contributed by atoms with Crippen LogP contribution in [0, 0.1) is 10.1 Å². The Morgan fingerprint density at radius 3 is 2.76 bits per heavy atom. The zero-order chi connectivity index (χ0) is 15.7. The number of hydrogen-bond donors (Lipinski definition) is 3. The Morgan fingerprint density at radius 2 is 2.14 bits per heavy atom. The Hall–Kier alpha value is -2.19. The van der Waals surface area contributed by atoms with Crippen molar-refractivity contribution in [1.82, 2.24) is 5.32 Å². The number of nitrogens with one attached hydrogen (secondary N) is 2. The molecule has 0 aromatic heterocycles. The molecule has 4 N–H and O–H groups in total. The Kier molecular flexibility index (Phi) is 7.13. The third kappa shape index (κ3) is 5.76. The number of carbonyl (C=O) groups excluding carboxylic acids is 1. The summed E-state index contributed by atoms with van der Waals surface area (Å²) in [7, 11) is 1.50. The number of nitro groups is 1. The monoisotopic (exact) mass is 296 g/mol. The van der Waals surface area contributed by atoms with Gasteiger partial charge in [-0.2, -0.15) is 0 Å². The van der Waals surface area contributed by atoms with E-state index in [1.807, 2.05) is 0 Å². The van der Waals surface area contributed by atoms with E-state index < -0.39 is 4.92 Å². The summed E-state index contributed by atoms with van der Waals surface area (Å²) in [6.45, 7) is 1.02. The molecule has 1 rings (SSSR count).